The highest BCUT2D eigenvalue weighted by Crippen LogP contribution is 2.19. The minimum Gasteiger partial charge on any atom is -0.295 e. The topological polar surface area (TPSA) is 37.4 Å². The number of ketones is 1. The van der Waals surface area contributed by atoms with Gasteiger partial charge in [-0.25, -0.2) is 4.21 Å². The Hall–Kier alpha value is -1.94. The zero-order valence-electron chi connectivity index (χ0n) is 10.9. The van der Waals surface area contributed by atoms with Crippen molar-refractivity contribution in [3.8, 4) is 0 Å². The minimum absolute atomic E-state index is 0.0263. The molecule has 0 heterocycles. The molecule has 1 atom stereocenters. The molecular formula is C15H15NO2S. The van der Waals surface area contributed by atoms with Crippen molar-refractivity contribution in [3.05, 3.63) is 60.2 Å². The number of hydrogen-bond donors (Lipinski definition) is 0. The Bertz CT molecular complexity index is 593. The van der Waals surface area contributed by atoms with Gasteiger partial charge in [0.15, 0.2) is 16.8 Å². The van der Waals surface area contributed by atoms with E-state index < -0.39 is 11.0 Å². The number of hydrogen-bond acceptors (Lipinski definition) is 2. The first-order valence-electron chi connectivity index (χ1n) is 5.91. The third-order valence-corrected chi connectivity index (χ3v) is 4.21. The fourth-order valence-electron chi connectivity index (χ4n) is 1.70. The number of nitrogens with zero attached hydrogens (tertiary/aromatic N) is 1. The van der Waals surface area contributed by atoms with Gasteiger partial charge in [-0.05, 0) is 43.3 Å². The summed E-state index contributed by atoms with van der Waals surface area (Å²) in [5.41, 5.74) is 1.47. The molecule has 2 aromatic carbocycles. The predicted molar refractivity (Wildman–Crippen MR) is 77.7 cm³/mol. The Morgan fingerprint density at radius 2 is 1.58 bits per heavy atom. The van der Waals surface area contributed by atoms with E-state index >= 15 is 0 Å². The Morgan fingerprint density at radius 1 is 1.00 bits per heavy atom. The van der Waals surface area contributed by atoms with Gasteiger partial charge in [-0.1, -0.05) is 18.2 Å². The van der Waals surface area contributed by atoms with Gasteiger partial charge in [0.05, 0.1) is 4.90 Å². The lowest BCUT2D eigenvalue weighted by molar-refractivity contribution is 0.101. The number of Topliss-reactive ketones (excluding diaryl/α,β-unsaturated/α-hetero) is 1. The zero-order chi connectivity index (χ0) is 13.8. The summed E-state index contributed by atoms with van der Waals surface area (Å²) < 4.78 is 14.0. The lowest BCUT2D eigenvalue weighted by Crippen LogP contribution is -2.20. The third kappa shape index (κ3) is 3.09. The highest BCUT2D eigenvalue weighted by atomic mass is 32.2. The van der Waals surface area contributed by atoms with Crippen LogP contribution >= 0.6 is 0 Å². The molecule has 0 amide bonds. The van der Waals surface area contributed by atoms with Crippen LogP contribution < -0.4 is 4.31 Å². The largest absolute Gasteiger partial charge is 0.295 e. The molecule has 19 heavy (non-hydrogen) atoms. The smallest absolute Gasteiger partial charge is 0.159 e. The molecule has 0 aliphatic rings. The number of carbonyl (C=O) groups excluding carboxylic acids is 1. The second kappa shape index (κ2) is 5.80. The molecule has 0 N–H and O–H groups in total. The second-order valence-corrected chi connectivity index (χ2v) is 5.68. The molecule has 0 spiro atoms. The quantitative estimate of drug-likeness (QED) is 0.803. The molecule has 98 valence electrons. The summed E-state index contributed by atoms with van der Waals surface area (Å²) in [6, 6.07) is 16.4. The van der Waals surface area contributed by atoms with Crippen LogP contribution in [-0.4, -0.2) is 17.0 Å². The van der Waals surface area contributed by atoms with Gasteiger partial charge in [-0.3, -0.25) is 9.10 Å². The van der Waals surface area contributed by atoms with Crippen molar-refractivity contribution in [3.63, 3.8) is 0 Å². The van der Waals surface area contributed by atoms with Gasteiger partial charge in [-0.15, -0.1) is 0 Å². The summed E-state index contributed by atoms with van der Waals surface area (Å²) in [6.45, 7) is 1.53. The lowest BCUT2D eigenvalue weighted by Gasteiger charge is -2.18. The first-order chi connectivity index (χ1) is 9.09. The van der Waals surface area contributed by atoms with Crippen LogP contribution in [0.25, 0.3) is 0 Å². The number of benzene rings is 2. The normalized spacial score (nSPS) is 11.9. The average Bonchev–Trinajstić information content (AvgIpc) is 2.46. The van der Waals surface area contributed by atoms with Crippen molar-refractivity contribution in [2.45, 2.75) is 11.8 Å². The Labute approximate surface area is 115 Å². The Kier molecular flexibility index (Phi) is 4.12. The van der Waals surface area contributed by atoms with Crippen LogP contribution in [0, 0.1) is 0 Å². The molecule has 2 aromatic rings. The fourth-order valence-corrected chi connectivity index (χ4v) is 2.72. The van der Waals surface area contributed by atoms with Gasteiger partial charge < -0.3 is 0 Å². The monoisotopic (exact) mass is 273 g/mol. The highest BCUT2D eigenvalue weighted by molar-refractivity contribution is 7.86. The maximum atomic E-state index is 12.3. The molecule has 4 heteroatoms. The number of rotatable bonds is 4. The molecular weight excluding hydrogens is 258 g/mol. The Balaban J connectivity index is 2.22. The molecule has 0 saturated carbocycles. The Morgan fingerprint density at radius 3 is 2.11 bits per heavy atom. The van der Waals surface area contributed by atoms with E-state index in [4.69, 9.17) is 0 Å². The summed E-state index contributed by atoms with van der Waals surface area (Å²) in [7, 11) is 0.522. The minimum atomic E-state index is -1.25. The standard InChI is InChI=1S/C15H15NO2S/c1-12(17)13-8-10-14(11-9-13)16(2)19(18)15-6-4-3-5-7-15/h3-11H,1-2H3. The van der Waals surface area contributed by atoms with Gasteiger partial charge in [0, 0.05) is 18.3 Å². The molecule has 0 fully saturated rings. The van der Waals surface area contributed by atoms with E-state index in [2.05, 4.69) is 0 Å². The first-order valence-corrected chi connectivity index (χ1v) is 7.02. The second-order valence-electron chi connectivity index (χ2n) is 4.16. The van der Waals surface area contributed by atoms with Gasteiger partial charge in [0.25, 0.3) is 0 Å². The molecule has 0 aromatic heterocycles. The maximum absolute atomic E-state index is 12.3. The van der Waals surface area contributed by atoms with E-state index in [-0.39, 0.29) is 5.78 Å². The molecule has 0 radical (unpaired) electrons. The summed E-state index contributed by atoms with van der Waals surface area (Å²) in [5.74, 6) is 0.0263. The highest BCUT2D eigenvalue weighted by Gasteiger charge is 2.11. The average molecular weight is 273 g/mol. The SMILES string of the molecule is CC(=O)c1ccc(N(C)S(=O)c2ccccc2)cc1. The van der Waals surface area contributed by atoms with Crippen LogP contribution in [-0.2, 0) is 11.0 Å². The van der Waals surface area contributed by atoms with Gasteiger partial charge >= 0.3 is 0 Å². The molecule has 0 aliphatic heterocycles. The van der Waals surface area contributed by atoms with E-state index in [1.807, 2.05) is 30.3 Å². The molecule has 1 unspecified atom stereocenters. The van der Waals surface area contributed by atoms with E-state index in [9.17, 15) is 9.00 Å². The van der Waals surface area contributed by atoms with Crippen molar-refractivity contribution in [1.82, 2.24) is 0 Å². The van der Waals surface area contributed by atoms with E-state index in [1.165, 1.54) is 6.92 Å². The molecule has 3 nitrogen and oxygen atoms in total. The van der Waals surface area contributed by atoms with E-state index in [0.717, 1.165) is 10.6 Å². The van der Waals surface area contributed by atoms with Crippen LogP contribution in [0.2, 0.25) is 0 Å². The van der Waals surface area contributed by atoms with Crippen LogP contribution in [0.4, 0.5) is 5.69 Å². The molecule has 2 rings (SSSR count). The fraction of sp³-hybridized carbons (Fsp3) is 0.133. The molecule has 0 aliphatic carbocycles. The van der Waals surface area contributed by atoms with E-state index in [0.29, 0.717) is 5.56 Å². The van der Waals surface area contributed by atoms with Crippen molar-refractivity contribution in [2.75, 3.05) is 11.4 Å². The van der Waals surface area contributed by atoms with Crippen molar-refractivity contribution >= 4 is 22.5 Å². The zero-order valence-corrected chi connectivity index (χ0v) is 11.7. The van der Waals surface area contributed by atoms with Crippen molar-refractivity contribution in [2.24, 2.45) is 0 Å². The predicted octanol–water partition coefficient (Wildman–Crippen LogP) is 3.05. The summed E-state index contributed by atoms with van der Waals surface area (Å²) >= 11 is 0. The number of carbonyl (C=O) groups is 1. The number of anilines is 1. The molecule has 0 saturated heterocycles. The summed E-state index contributed by atoms with van der Waals surface area (Å²) in [4.78, 5) is 12.0. The third-order valence-electron chi connectivity index (χ3n) is 2.83. The first kappa shape index (κ1) is 13.5. The maximum Gasteiger partial charge on any atom is 0.159 e. The van der Waals surface area contributed by atoms with Crippen LogP contribution in [0.15, 0.2) is 59.5 Å². The molecule has 0 bridgehead atoms. The van der Waals surface area contributed by atoms with Gasteiger partial charge in [0.2, 0.25) is 0 Å². The van der Waals surface area contributed by atoms with Crippen molar-refractivity contribution in [1.29, 1.82) is 0 Å². The summed E-state index contributed by atoms with van der Waals surface area (Å²) in [5, 5.41) is 0. The van der Waals surface area contributed by atoms with Crippen LogP contribution in [0.1, 0.15) is 17.3 Å². The summed E-state index contributed by atoms with van der Waals surface area (Å²) in [6.07, 6.45) is 0. The van der Waals surface area contributed by atoms with Gasteiger partial charge in [-0.2, -0.15) is 0 Å². The van der Waals surface area contributed by atoms with E-state index in [1.54, 1.807) is 35.6 Å². The van der Waals surface area contributed by atoms with Gasteiger partial charge in [0.1, 0.15) is 0 Å². The van der Waals surface area contributed by atoms with Crippen molar-refractivity contribution < 1.29 is 9.00 Å². The van der Waals surface area contributed by atoms with Crippen LogP contribution in [0.5, 0.6) is 0 Å². The lowest BCUT2D eigenvalue weighted by atomic mass is 10.1. The van der Waals surface area contributed by atoms with Crippen LogP contribution in [0.3, 0.4) is 0 Å².